The van der Waals surface area contributed by atoms with Gasteiger partial charge in [0.2, 0.25) is 5.91 Å². The first-order valence-electron chi connectivity index (χ1n) is 10.2. The van der Waals surface area contributed by atoms with E-state index in [1.54, 1.807) is 0 Å². The molecule has 1 heterocycles. The second kappa shape index (κ2) is 9.70. The summed E-state index contributed by atoms with van der Waals surface area (Å²) in [4.78, 5) is 17.3. The zero-order valence-corrected chi connectivity index (χ0v) is 16.7. The summed E-state index contributed by atoms with van der Waals surface area (Å²) in [6.45, 7) is 7.51. The quantitative estimate of drug-likeness (QED) is 0.728. The molecule has 3 rings (SSSR count). The van der Waals surface area contributed by atoms with Crippen molar-refractivity contribution in [1.29, 1.82) is 0 Å². The number of amides is 1. The molecular weight excluding hydrogens is 332 g/mol. The van der Waals surface area contributed by atoms with Crippen LogP contribution in [0.2, 0.25) is 0 Å². The van der Waals surface area contributed by atoms with Gasteiger partial charge >= 0.3 is 0 Å². The molecule has 144 valence electrons. The number of carbonyl (C=O) groups is 1. The first-order valence-corrected chi connectivity index (χ1v) is 10.2. The van der Waals surface area contributed by atoms with Crippen molar-refractivity contribution in [3.05, 3.63) is 71.8 Å². The maximum atomic E-state index is 12.9. The summed E-state index contributed by atoms with van der Waals surface area (Å²) in [6, 6.07) is 21.3. The van der Waals surface area contributed by atoms with Crippen LogP contribution in [0, 0.1) is 5.92 Å². The summed E-state index contributed by atoms with van der Waals surface area (Å²) in [7, 11) is 0. The number of likely N-dealkylation sites (tertiary alicyclic amines) is 1. The van der Waals surface area contributed by atoms with Gasteiger partial charge in [0.25, 0.3) is 0 Å². The van der Waals surface area contributed by atoms with Gasteiger partial charge in [0, 0.05) is 12.6 Å². The lowest BCUT2D eigenvalue weighted by Gasteiger charge is -2.34. The van der Waals surface area contributed by atoms with Gasteiger partial charge < -0.3 is 4.90 Å². The minimum Gasteiger partial charge on any atom is -0.335 e. The molecular formula is C24H32N2O. The molecule has 0 aromatic heterocycles. The molecule has 1 amide bonds. The van der Waals surface area contributed by atoms with Gasteiger partial charge in [-0.2, -0.15) is 0 Å². The van der Waals surface area contributed by atoms with Crippen molar-refractivity contribution in [3.63, 3.8) is 0 Å². The van der Waals surface area contributed by atoms with Crippen molar-refractivity contribution >= 4 is 5.91 Å². The van der Waals surface area contributed by atoms with Crippen molar-refractivity contribution in [3.8, 4) is 0 Å². The normalized spacial score (nSPS) is 15.8. The Hall–Kier alpha value is -2.13. The van der Waals surface area contributed by atoms with E-state index >= 15 is 0 Å². The summed E-state index contributed by atoms with van der Waals surface area (Å²) < 4.78 is 0. The third-order valence-corrected chi connectivity index (χ3v) is 5.57. The highest BCUT2D eigenvalue weighted by atomic mass is 16.2. The molecule has 0 radical (unpaired) electrons. The lowest BCUT2D eigenvalue weighted by Crippen LogP contribution is -2.45. The Morgan fingerprint density at radius 1 is 0.963 bits per heavy atom. The molecule has 1 aliphatic heterocycles. The Morgan fingerprint density at radius 3 is 2.07 bits per heavy atom. The molecule has 0 aliphatic carbocycles. The molecule has 2 aromatic carbocycles. The number of nitrogens with zero attached hydrogens (tertiary/aromatic N) is 2. The van der Waals surface area contributed by atoms with Gasteiger partial charge in [0.1, 0.15) is 0 Å². The smallest absolute Gasteiger partial charge is 0.237 e. The third-order valence-electron chi connectivity index (χ3n) is 5.57. The summed E-state index contributed by atoms with van der Waals surface area (Å²) in [6.07, 6.45) is 3.53. The van der Waals surface area contributed by atoms with E-state index in [-0.39, 0.29) is 11.9 Å². The molecule has 1 aliphatic rings. The summed E-state index contributed by atoms with van der Waals surface area (Å²) >= 11 is 0. The van der Waals surface area contributed by atoms with Crippen molar-refractivity contribution < 1.29 is 4.79 Å². The lowest BCUT2D eigenvalue weighted by molar-refractivity contribution is -0.135. The molecule has 1 fully saturated rings. The second-order valence-corrected chi connectivity index (χ2v) is 8.01. The van der Waals surface area contributed by atoms with Gasteiger partial charge in [0.05, 0.1) is 6.54 Å². The van der Waals surface area contributed by atoms with E-state index in [2.05, 4.69) is 61.2 Å². The van der Waals surface area contributed by atoms with E-state index in [1.165, 1.54) is 24.0 Å². The van der Waals surface area contributed by atoms with E-state index in [0.717, 1.165) is 25.4 Å². The summed E-state index contributed by atoms with van der Waals surface area (Å²) in [5.41, 5.74) is 2.63. The van der Waals surface area contributed by atoms with Crippen molar-refractivity contribution in [2.24, 2.45) is 5.92 Å². The van der Waals surface area contributed by atoms with Crippen molar-refractivity contribution in [1.82, 2.24) is 9.80 Å². The van der Waals surface area contributed by atoms with E-state index in [9.17, 15) is 4.79 Å². The van der Waals surface area contributed by atoms with Crippen LogP contribution in [0.25, 0.3) is 0 Å². The Labute approximate surface area is 164 Å². The van der Waals surface area contributed by atoms with E-state index in [0.29, 0.717) is 13.1 Å². The van der Waals surface area contributed by atoms with Crippen LogP contribution in [0.3, 0.4) is 0 Å². The molecule has 2 aromatic rings. The summed E-state index contributed by atoms with van der Waals surface area (Å²) in [5.74, 6) is 0.986. The van der Waals surface area contributed by atoms with Crippen LogP contribution in [0.5, 0.6) is 0 Å². The SMILES string of the molecule is CC(C)N(Cc1ccccc1)C(=O)CN1CCC(Cc2ccccc2)CC1. The van der Waals surface area contributed by atoms with E-state index in [4.69, 9.17) is 0 Å². The number of hydrogen-bond acceptors (Lipinski definition) is 2. The first kappa shape index (κ1) is 19.6. The monoisotopic (exact) mass is 364 g/mol. The number of hydrogen-bond donors (Lipinski definition) is 0. The van der Waals surface area contributed by atoms with Crippen LogP contribution >= 0.6 is 0 Å². The largest absolute Gasteiger partial charge is 0.335 e. The number of carbonyl (C=O) groups excluding carboxylic acids is 1. The molecule has 27 heavy (non-hydrogen) atoms. The number of benzene rings is 2. The van der Waals surface area contributed by atoms with Gasteiger partial charge in [-0.05, 0) is 63.2 Å². The molecule has 3 heteroatoms. The van der Waals surface area contributed by atoms with Gasteiger partial charge in [-0.25, -0.2) is 0 Å². The van der Waals surface area contributed by atoms with Crippen LogP contribution in [-0.4, -0.2) is 41.4 Å². The third kappa shape index (κ3) is 5.93. The Balaban J connectivity index is 1.48. The standard InChI is InChI=1S/C24H32N2O/c1-20(2)26(18-23-11-7-4-8-12-23)24(27)19-25-15-13-22(14-16-25)17-21-9-5-3-6-10-21/h3-12,20,22H,13-19H2,1-2H3. The number of piperidine rings is 1. The van der Waals surface area contributed by atoms with Crippen molar-refractivity contribution in [2.45, 2.75) is 45.7 Å². The van der Waals surface area contributed by atoms with Gasteiger partial charge in [-0.3, -0.25) is 9.69 Å². The van der Waals surface area contributed by atoms with Gasteiger partial charge in [0.15, 0.2) is 0 Å². The summed E-state index contributed by atoms with van der Waals surface area (Å²) in [5, 5.41) is 0. The number of rotatable bonds is 7. The first-order chi connectivity index (χ1) is 13.1. The topological polar surface area (TPSA) is 23.6 Å². The zero-order valence-electron chi connectivity index (χ0n) is 16.7. The minimum atomic E-state index is 0.216. The van der Waals surface area contributed by atoms with Crippen LogP contribution in [0.4, 0.5) is 0 Å². The zero-order chi connectivity index (χ0) is 19.1. The minimum absolute atomic E-state index is 0.216. The molecule has 0 bridgehead atoms. The fourth-order valence-corrected chi connectivity index (χ4v) is 3.92. The molecule has 0 N–H and O–H groups in total. The molecule has 0 spiro atoms. The van der Waals surface area contributed by atoms with Crippen LogP contribution in [0.15, 0.2) is 60.7 Å². The highest BCUT2D eigenvalue weighted by molar-refractivity contribution is 5.78. The highest BCUT2D eigenvalue weighted by Crippen LogP contribution is 2.22. The van der Waals surface area contributed by atoms with Crippen LogP contribution in [0.1, 0.15) is 37.8 Å². The van der Waals surface area contributed by atoms with Crippen LogP contribution < -0.4 is 0 Å². The lowest BCUT2D eigenvalue weighted by atomic mass is 9.90. The fraction of sp³-hybridized carbons (Fsp3) is 0.458. The molecule has 3 nitrogen and oxygen atoms in total. The highest BCUT2D eigenvalue weighted by Gasteiger charge is 2.24. The van der Waals surface area contributed by atoms with Gasteiger partial charge in [-0.15, -0.1) is 0 Å². The average Bonchev–Trinajstić information content (AvgIpc) is 2.69. The molecule has 0 atom stereocenters. The predicted molar refractivity (Wildman–Crippen MR) is 111 cm³/mol. The molecule has 0 saturated carbocycles. The maximum absolute atomic E-state index is 12.9. The van der Waals surface area contributed by atoms with E-state index in [1.807, 2.05) is 23.1 Å². The second-order valence-electron chi connectivity index (χ2n) is 8.01. The Bertz CT molecular complexity index is 691. The average molecular weight is 365 g/mol. The maximum Gasteiger partial charge on any atom is 0.237 e. The van der Waals surface area contributed by atoms with Crippen LogP contribution in [-0.2, 0) is 17.8 Å². The van der Waals surface area contributed by atoms with Gasteiger partial charge in [-0.1, -0.05) is 60.7 Å². The molecule has 0 unspecified atom stereocenters. The van der Waals surface area contributed by atoms with E-state index < -0.39 is 0 Å². The predicted octanol–water partition coefficient (Wildman–Crippen LogP) is 4.38. The Morgan fingerprint density at radius 2 is 1.52 bits per heavy atom. The molecule has 1 saturated heterocycles. The Kier molecular flexibility index (Phi) is 7.05. The van der Waals surface area contributed by atoms with Crippen molar-refractivity contribution in [2.75, 3.05) is 19.6 Å². The fourth-order valence-electron chi connectivity index (χ4n) is 3.92.